The summed E-state index contributed by atoms with van der Waals surface area (Å²) in [6.45, 7) is 4.16. The van der Waals surface area contributed by atoms with E-state index >= 15 is 0 Å². The van der Waals surface area contributed by atoms with Crippen LogP contribution in [0.25, 0.3) is 11.1 Å². The number of aliphatic hydroxyl groups is 1. The molecule has 11 heteroatoms. The van der Waals surface area contributed by atoms with Gasteiger partial charge in [0.1, 0.15) is 5.76 Å². The topological polar surface area (TPSA) is 122 Å². The standard InChI is InChI=1S/C25H25F3N4O4/c1-13-3-4-17(12-20(13)21-14(2)36-31-22(21)23(29)34)30-24(35)15-9-16(25(26,27)28)11-18(10-15)32-7-5-19(33)6-8-32/h3-4,9-12,19,33H,5-8H2,1-2H3,(H2,29,34)(H,30,35). The lowest BCUT2D eigenvalue weighted by Crippen LogP contribution is -2.36. The maximum Gasteiger partial charge on any atom is 0.416 e. The van der Waals surface area contributed by atoms with Crippen LogP contribution in [0.4, 0.5) is 24.5 Å². The van der Waals surface area contributed by atoms with Gasteiger partial charge in [0.05, 0.1) is 17.2 Å². The summed E-state index contributed by atoms with van der Waals surface area (Å²) in [6.07, 6.45) is -4.28. The lowest BCUT2D eigenvalue weighted by atomic mass is 9.97. The largest absolute Gasteiger partial charge is 0.416 e. The number of alkyl halides is 3. The number of hydrogen-bond donors (Lipinski definition) is 3. The first-order valence-corrected chi connectivity index (χ1v) is 11.3. The average Bonchev–Trinajstić information content (AvgIpc) is 3.21. The Morgan fingerprint density at radius 2 is 1.83 bits per heavy atom. The second kappa shape index (κ2) is 9.65. The van der Waals surface area contributed by atoms with E-state index in [2.05, 4.69) is 10.5 Å². The maximum absolute atomic E-state index is 13.6. The minimum absolute atomic E-state index is 0.0618. The van der Waals surface area contributed by atoms with Crippen molar-refractivity contribution >= 4 is 23.2 Å². The number of benzene rings is 2. The molecule has 3 aromatic rings. The molecule has 2 aromatic carbocycles. The van der Waals surface area contributed by atoms with Crippen LogP contribution < -0.4 is 16.0 Å². The molecule has 0 atom stereocenters. The third-order valence-electron chi connectivity index (χ3n) is 6.20. The normalized spacial score (nSPS) is 14.7. The van der Waals surface area contributed by atoms with E-state index in [4.69, 9.17) is 10.3 Å². The number of anilines is 2. The van der Waals surface area contributed by atoms with Gasteiger partial charge in [0.2, 0.25) is 0 Å². The van der Waals surface area contributed by atoms with Crippen molar-refractivity contribution in [2.45, 2.75) is 39.0 Å². The van der Waals surface area contributed by atoms with Gasteiger partial charge in [-0.1, -0.05) is 11.2 Å². The third-order valence-corrected chi connectivity index (χ3v) is 6.20. The summed E-state index contributed by atoms with van der Waals surface area (Å²) in [5.41, 5.74) is 6.47. The van der Waals surface area contributed by atoms with Crippen molar-refractivity contribution in [1.82, 2.24) is 5.16 Å². The lowest BCUT2D eigenvalue weighted by molar-refractivity contribution is -0.137. The fraction of sp³-hybridized carbons (Fsp3) is 0.320. The highest BCUT2D eigenvalue weighted by Gasteiger charge is 2.33. The van der Waals surface area contributed by atoms with Crippen LogP contribution in [0.3, 0.4) is 0 Å². The zero-order valence-electron chi connectivity index (χ0n) is 19.6. The Balaban J connectivity index is 1.67. The van der Waals surface area contributed by atoms with Gasteiger partial charge >= 0.3 is 6.18 Å². The number of hydrogen-bond acceptors (Lipinski definition) is 6. The number of aryl methyl sites for hydroxylation is 2. The maximum atomic E-state index is 13.6. The summed E-state index contributed by atoms with van der Waals surface area (Å²) >= 11 is 0. The third kappa shape index (κ3) is 5.20. The van der Waals surface area contributed by atoms with Crippen LogP contribution in [0.1, 0.15) is 50.6 Å². The number of primary amides is 1. The summed E-state index contributed by atoms with van der Waals surface area (Å²) in [4.78, 5) is 26.6. The van der Waals surface area contributed by atoms with E-state index in [1.807, 2.05) is 0 Å². The molecule has 190 valence electrons. The fourth-order valence-electron chi connectivity index (χ4n) is 4.24. The number of carbonyl (C=O) groups excluding carboxylic acids is 2. The number of rotatable bonds is 5. The van der Waals surface area contributed by atoms with Crippen molar-refractivity contribution in [3.63, 3.8) is 0 Å². The highest BCUT2D eigenvalue weighted by molar-refractivity contribution is 6.06. The summed E-state index contributed by atoms with van der Waals surface area (Å²) in [6, 6.07) is 8.11. The molecule has 1 aliphatic heterocycles. The monoisotopic (exact) mass is 502 g/mol. The van der Waals surface area contributed by atoms with E-state index in [1.54, 1.807) is 36.9 Å². The summed E-state index contributed by atoms with van der Waals surface area (Å²) < 4.78 is 46.0. The van der Waals surface area contributed by atoms with Gasteiger partial charge in [-0.05, 0) is 68.1 Å². The lowest BCUT2D eigenvalue weighted by Gasteiger charge is -2.32. The number of nitrogens with zero attached hydrogens (tertiary/aromatic N) is 2. The molecule has 1 fully saturated rings. The smallest absolute Gasteiger partial charge is 0.393 e. The van der Waals surface area contributed by atoms with E-state index in [-0.39, 0.29) is 16.9 Å². The second-order valence-electron chi connectivity index (χ2n) is 8.79. The van der Waals surface area contributed by atoms with Gasteiger partial charge in [0.15, 0.2) is 5.69 Å². The van der Waals surface area contributed by atoms with Crippen molar-refractivity contribution in [2.75, 3.05) is 23.3 Å². The molecule has 2 amide bonds. The van der Waals surface area contributed by atoms with Crippen molar-refractivity contribution < 1.29 is 32.4 Å². The summed E-state index contributed by atoms with van der Waals surface area (Å²) in [5, 5.41) is 16.1. The first-order chi connectivity index (χ1) is 16.9. The number of amides is 2. The predicted octanol–water partition coefficient (Wildman–Crippen LogP) is 4.29. The van der Waals surface area contributed by atoms with Gasteiger partial charge in [0, 0.05) is 30.0 Å². The molecule has 8 nitrogen and oxygen atoms in total. The van der Waals surface area contributed by atoms with Crippen LogP contribution in [0.5, 0.6) is 0 Å². The Morgan fingerprint density at radius 3 is 2.47 bits per heavy atom. The molecule has 2 heterocycles. The molecular formula is C25H25F3N4O4. The molecule has 0 radical (unpaired) electrons. The molecule has 1 aliphatic rings. The Hall–Kier alpha value is -3.86. The minimum Gasteiger partial charge on any atom is -0.393 e. The molecular weight excluding hydrogens is 477 g/mol. The molecule has 1 aromatic heterocycles. The van der Waals surface area contributed by atoms with Crippen LogP contribution >= 0.6 is 0 Å². The van der Waals surface area contributed by atoms with E-state index in [1.165, 1.54) is 6.07 Å². The summed E-state index contributed by atoms with van der Waals surface area (Å²) in [7, 11) is 0. The molecule has 4 rings (SSSR count). The van der Waals surface area contributed by atoms with Crippen LogP contribution in [-0.4, -0.2) is 41.3 Å². The molecule has 0 spiro atoms. The zero-order chi connectivity index (χ0) is 26.2. The van der Waals surface area contributed by atoms with Crippen LogP contribution in [0.15, 0.2) is 40.9 Å². The van der Waals surface area contributed by atoms with Crippen molar-refractivity contribution in [2.24, 2.45) is 5.73 Å². The first-order valence-electron chi connectivity index (χ1n) is 11.3. The fourth-order valence-corrected chi connectivity index (χ4v) is 4.24. The van der Waals surface area contributed by atoms with Gasteiger partial charge < -0.3 is 25.6 Å². The molecule has 1 saturated heterocycles. The number of piperidine rings is 1. The van der Waals surface area contributed by atoms with Gasteiger partial charge in [-0.3, -0.25) is 9.59 Å². The summed E-state index contributed by atoms with van der Waals surface area (Å²) in [5.74, 6) is -1.16. The van der Waals surface area contributed by atoms with Crippen molar-refractivity contribution in [3.8, 4) is 11.1 Å². The van der Waals surface area contributed by atoms with Gasteiger partial charge in [-0.15, -0.1) is 0 Å². The molecule has 0 bridgehead atoms. The van der Waals surface area contributed by atoms with E-state index < -0.39 is 29.7 Å². The van der Waals surface area contributed by atoms with Crippen molar-refractivity contribution in [1.29, 1.82) is 0 Å². The van der Waals surface area contributed by atoms with Crippen LogP contribution in [0.2, 0.25) is 0 Å². The Bertz CT molecular complexity index is 1310. The number of carbonyl (C=O) groups is 2. The molecule has 0 saturated carbocycles. The van der Waals surface area contributed by atoms with Crippen LogP contribution in [0, 0.1) is 13.8 Å². The van der Waals surface area contributed by atoms with E-state index in [0.717, 1.165) is 17.7 Å². The van der Waals surface area contributed by atoms with E-state index in [0.29, 0.717) is 48.5 Å². The SMILES string of the molecule is Cc1ccc(NC(=O)c2cc(N3CCC(O)CC3)cc(C(F)(F)F)c2)cc1-c1c(C(N)=O)noc1C. The Morgan fingerprint density at radius 1 is 1.14 bits per heavy atom. The number of aromatic nitrogens is 1. The van der Waals surface area contributed by atoms with E-state index in [9.17, 15) is 27.9 Å². The highest BCUT2D eigenvalue weighted by Crippen LogP contribution is 2.35. The molecule has 0 unspecified atom stereocenters. The average molecular weight is 502 g/mol. The molecule has 0 aliphatic carbocycles. The second-order valence-corrected chi connectivity index (χ2v) is 8.79. The zero-order valence-corrected chi connectivity index (χ0v) is 19.6. The van der Waals surface area contributed by atoms with Crippen molar-refractivity contribution in [3.05, 3.63) is 64.5 Å². The Labute approximate surface area is 204 Å². The van der Waals surface area contributed by atoms with Gasteiger partial charge in [-0.2, -0.15) is 13.2 Å². The number of aliphatic hydroxyl groups excluding tert-OH is 1. The predicted molar refractivity (Wildman–Crippen MR) is 127 cm³/mol. The number of nitrogens with two attached hydrogens (primary N) is 1. The minimum atomic E-state index is -4.64. The quantitative estimate of drug-likeness (QED) is 0.479. The molecule has 4 N–H and O–H groups in total. The first kappa shape index (κ1) is 25.2. The highest BCUT2D eigenvalue weighted by atomic mass is 19.4. The van der Waals surface area contributed by atoms with Gasteiger partial charge in [0.25, 0.3) is 11.8 Å². The number of nitrogens with one attached hydrogen (secondary N) is 1. The van der Waals surface area contributed by atoms with Crippen LogP contribution in [-0.2, 0) is 6.18 Å². The Kier molecular flexibility index (Phi) is 6.77. The number of halogens is 3. The molecule has 36 heavy (non-hydrogen) atoms. The van der Waals surface area contributed by atoms with Gasteiger partial charge in [-0.25, -0.2) is 0 Å².